The average Bonchev–Trinajstić information content (AvgIpc) is 2.98. The lowest BCUT2D eigenvalue weighted by Gasteiger charge is -2.59. The van der Waals surface area contributed by atoms with Crippen molar-refractivity contribution < 1.29 is 18.0 Å². The molecule has 6 rings (SSSR count). The highest BCUT2D eigenvalue weighted by Gasteiger charge is 2.54. The third-order valence-electron chi connectivity index (χ3n) is 8.17. The molecule has 32 heavy (non-hydrogen) atoms. The molecule has 4 saturated carbocycles. The van der Waals surface area contributed by atoms with E-state index in [9.17, 15) is 18.0 Å². The monoisotopic (exact) mass is 448 g/mol. The summed E-state index contributed by atoms with van der Waals surface area (Å²) in [6, 6.07) is 1.15. The molecular formula is C24H31F3N4O. The van der Waals surface area contributed by atoms with Crippen molar-refractivity contribution in [2.75, 3.05) is 0 Å². The first-order valence-electron chi connectivity index (χ1n) is 11.8. The number of fused-ring (bicyclic) bond motifs is 1. The van der Waals surface area contributed by atoms with E-state index in [2.05, 4.69) is 22.3 Å². The third kappa shape index (κ3) is 3.59. The van der Waals surface area contributed by atoms with E-state index >= 15 is 0 Å². The molecule has 0 saturated heterocycles. The molecule has 2 aromatic heterocycles. The van der Waals surface area contributed by atoms with Crippen LogP contribution < -0.4 is 5.32 Å². The van der Waals surface area contributed by atoms with Crippen molar-refractivity contribution in [3.63, 3.8) is 0 Å². The summed E-state index contributed by atoms with van der Waals surface area (Å²) in [6.07, 6.45) is 3.97. The zero-order chi connectivity index (χ0) is 22.8. The minimum Gasteiger partial charge on any atom is -0.351 e. The molecular weight excluding hydrogens is 417 g/mol. The van der Waals surface area contributed by atoms with Crippen LogP contribution in [-0.2, 0) is 17.5 Å². The average molecular weight is 449 g/mol. The molecule has 1 N–H and O–H groups in total. The maximum atomic E-state index is 13.6. The number of pyridine rings is 1. The van der Waals surface area contributed by atoms with Crippen LogP contribution in [0.3, 0.4) is 0 Å². The number of amides is 1. The fraction of sp³-hybridized carbons (Fsp3) is 0.708. The van der Waals surface area contributed by atoms with Crippen LogP contribution in [0.2, 0.25) is 0 Å². The molecule has 0 aromatic carbocycles. The van der Waals surface area contributed by atoms with Crippen LogP contribution in [0, 0.1) is 37.0 Å². The fourth-order valence-electron chi connectivity index (χ4n) is 7.48. The van der Waals surface area contributed by atoms with Crippen LogP contribution in [-0.4, -0.2) is 26.7 Å². The molecule has 1 amide bonds. The molecule has 4 bridgehead atoms. The van der Waals surface area contributed by atoms with Gasteiger partial charge in [-0.3, -0.25) is 4.79 Å². The van der Waals surface area contributed by atoms with E-state index in [1.807, 2.05) is 0 Å². The molecule has 0 radical (unpaired) electrons. The van der Waals surface area contributed by atoms with Gasteiger partial charge in [-0.25, -0.2) is 9.67 Å². The Morgan fingerprint density at radius 1 is 1.19 bits per heavy atom. The minimum atomic E-state index is -4.50. The summed E-state index contributed by atoms with van der Waals surface area (Å²) in [4.78, 5) is 17.4. The SMILES string of the molecule is CCC(NC(=O)Cn1nc(C)c2c(C(F)(F)F)cc(C)nc21)C12CC3CC(CC(C3)C1)C2. The molecule has 8 heteroatoms. The molecule has 2 aromatic rings. The number of nitrogens with zero attached hydrogens (tertiary/aromatic N) is 3. The number of nitrogens with one attached hydrogen (secondary N) is 1. The molecule has 0 aliphatic heterocycles. The zero-order valence-corrected chi connectivity index (χ0v) is 18.9. The van der Waals surface area contributed by atoms with Crippen LogP contribution in [0.15, 0.2) is 6.07 Å². The zero-order valence-electron chi connectivity index (χ0n) is 18.9. The van der Waals surface area contributed by atoms with Crippen molar-refractivity contribution in [2.45, 2.75) is 84.5 Å². The molecule has 1 atom stereocenters. The van der Waals surface area contributed by atoms with Gasteiger partial charge in [0.2, 0.25) is 5.91 Å². The molecule has 5 nitrogen and oxygen atoms in total. The first-order chi connectivity index (χ1) is 15.1. The number of aryl methyl sites for hydroxylation is 2. The summed E-state index contributed by atoms with van der Waals surface area (Å²) in [6.45, 7) is 5.06. The first kappa shape index (κ1) is 21.7. The van der Waals surface area contributed by atoms with Gasteiger partial charge in [0.1, 0.15) is 6.54 Å². The molecule has 4 aliphatic carbocycles. The van der Waals surface area contributed by atoms with E-state index < -0.39 is 11.7 Å². The second kappa shape index (κ2) is 7.45. The highest BCUT2D eigenvalue weighted by molar-refractivity contribution is 5.85. The number of halogens is 3. The molecule has 4 fully saturated rings. The van der Waals surface area contributed by atoms with Gasteiger partial charge in [-0.15, -0.1) is 0 Å². The largest absolute Gasteiger partial charge is 0.417 e. The number of carbonyl (C=O) groups excluding carboxylic acids is 1. The van der Waals surface area contributed by atoms with Gasteiger partial charge in [0, 0.05) is 11.7 Å². The highest BCUT2D eigenvalue weighted by Crippen LogP contribution is 2.61. The summed E-state index contributed by atoms with van der Waals surface area (Å²) >= 11 is 0. The van der Waals surface area contributed by atoms with E-state index in [-0.39, 0.29) is 46.3 Å². The number of rotatable bonds is 5. The van der Waals surface area contributed by atoms with Crippen molar-refractivity contribution in [3.05, 3.63) is 23.0 Å². The predicted octanol–water partition coefficient (Wildman–Crippen LogP) is 5.18. The van der Waals surface area contributed by atoms with Gasteiger partial charge in [-0.1, -0.05) is 6.92 Å². The van der Waals surface area contributed by atoms with E-state index in [4.69, 9.17) is 0 Å². The Labute approximate surface area is 186 Å². The van der Waals surface area contributed by atoms with Crippen molar-refractivity contribution in [1.29, 1.82) is 0 Å². The van der Waals surface area contributed by atoms with Crippen molar-refractivity contribution in [2.24, 2.45) is 23.2 Å². The summed E-state index contributed by atoms with van der Waals surface area (Å²) in [5, 5.41) is 7.50. The van der Waals surface area contributed by atoms with Gasteiger partial charge in [0.15, 0.2) is 5.65 Å². The Hall–Kier alpha value is -2.12. The number of hydrogen-bond acceptors (Lipinski definition) is 3. The lowest BCUT2D eigenvalue weighted by atomic mass is 9.47. The van der Waals surface area contributed by atoms with Crippen molar-refractivity contribution in [3.8, 4) is 0 Å². The van der Waals surface area contributed by atoms with Gasteiger partial charge >= 0.3 is 6.18 Å². The van der Waals surface area contributed by atoms with Crippen LogP contribution in [0.25, 0.3) is 11.0 Å². The smallest absolute Gasteiger partial charge is 0.351 e. The van der Waals surface area contributed by atoms with E-state index in [0.717, 1.165) is 30.2 Å². The Bertz CT molecular complexity index is 1020. The van der Waals surface area contributed by atoms with Gasteiger partial charge in [-0.2, -0.15) is 18.3 Å². The molecule has 0 spiro atoms. The Morgan fingerprint density at radius 2 is 1.78 bits per heavy atom. The van der Waals surface area contributed by atoms with E-state index in [1.54, 1.807) is 0 Å². The van der Waals surface area contributed by atoms with Crippen LogP contribution >= 0.6 is 0 Å². The standard InChI is InChI=1S/C24H31F3N4O/c1-4-19(23-9-15-6-16(10-23)8-17(7-15)11-23)29-20(32)12-31-22-21(14(3)30-31)18(24(25,26)27)5-13(2)28-22/h5,15-17,19H,4,6-12H2,1-3H3,(H,29,32). The molecule has 174 valence electrons. The number of hydrogen-bond donors (Lipinski definition) is 1. The van der Waals surface area contributed by atoms with Gasteiger partial charge in [-0.05, 0) is 88.0 Å². The number of carbonyl (C=O) groups is 1. The van der Waals surface area contributed by atoms with E-state index in [1.165, 1.54) is 57.1 Å². The topological polar surface area (TPSA) is 59.8 Å². The van der Waals surface area contributed by atoms with Gasteiger partial charge < -0.3 is 5.32 Å². The number of aromatic nitrogens is 3. The first-order valence-corrected chi connectivity index (χ1v) is 11.8. The van der Waals surface area contributed by atoms with Gasteiger partial charge in [0.25, 0.3) is 0 Å². The van der Waals surface area contributed by atoms with E-state index in [0.29, 0.717) is 0 Å². The molecule has 1 unspecified atom stereocenters. The number of alkyl halides is 3. The Morgan fingerprint density at radius 3 is 2.31 bits per heavy atom. The fourth-order valence-corrected chi connectivity index (χ4v) is 7.48. The molecule has 2 heterocycles. The highest BCUT2D eigenvalue weighted by atomic mass is 19.4. The Balaban J connectivity index is 1.39. The quantitative estimate of drug-likeness (QED) is 0.686. The maximum Gasteiger partial charge on any atom is 0.417 e. The van der Waals surface area contributed by atoms with Gasteiger partial charge in [0.05, 0.1) is 16.6 Å². The normalized spacial score (nSPS) is 30.1. The summed E-state index contributed by atoms with van der Waals surface area (Å²) < 4.78 is 42.1. The summed E-state index contributed by atoms with van der Waals surface area (Å²) in [5.41, 5.74) is 0.0450. The predicted molar refractivity (Wildman–Crippen MR) is 115 cm³/mol. The summed E-state index contributed by atoms with van der Waals surface area (Å²) in [7, 11) is 0. The van der Waals surface area contributed by atoms with Crippen molar-refractivity contribution in [1.82, 2.24) is 20.1 Å². The van der Waals surface area contributed by atoms with Crippen LogP contribution in [0.5, 0.6) is 0 Å². The van der Waals surface area contributed by atoms with Crippen LogP contribution in [0.4, 0.5) is 13.2 Å². The van der Waals surface area contributed by atoms with Crippen molar-refractivity contribution >= 4 is 16.9 Å². The van der Waals surface area contributed by atoms with Crippen LogP contribution in [0.1, 0.15) is 68.8 Å². The molecule has 4 aliphatic rings. The minimum absolute atomic E-state index is 0.0241. The Kier molecular flexibility index (Phi) is 5.06. The second-order valence-corrected chi connectivity index (χ2v) is 10.6. The summed E-state index contributed by atoms with van der Waals surface area (Å²) in [5.74, 6) is 2.17. The maximum absolute atomic E-state index is 13.6. The lowest BCUT2D eigenvalue weighted by Crippen LogP contribution is -2.57. The third-order valence-corrected chi connectivity index (χ3v) is 8.17. The lowest BCUT2D eigenvalue weighted by molar-refractivity contribution is -0.136. The second-order valence-electron chi connectivity index (χ2n) is 10.6.